The van der Waals surface area contributed by atoms with Crippen molar-refractivity contribution in [2.75, 3.05) is 36.5 Å². The molecule has 0 unspecified atom stereocenters. The van der Waals surface area contributed by atoms with Gasteiger partial charge in [0.05, 0.1) is 29.0 Å². The Morgan fingerprint density at radius 2 is 2.00 bits per heavy atom. The molecule has 1 fully saturated rings. The highest BCUT2D eigenvalue weighted by molar-refractivity contribution is 7.22. The summed E-state index contributed by atoms with van der Waals surface area (Å²) in [5.41, 5.74) is 6.58. The fraction of sp³-hybridized carbons (Fsp3) is 0.467. The highest BCUT2D eigenvalue weighted by atomic mass is 35.5. The number of thiazole rings is 1. The molecule has 6 nitrogen and oxygen atoms in total. The Morgan fingerprint density at radius 1 is 1.33 bits per heavy atom. The van der Waals surface area contributed by atoms with Crippen molar-refractivity contribution in [1.82, 2.24) is 4.98 Å². The molecule has 1 aromatic heterocycles. The lowest BCUT2D eigenvalue weighted by Gasteiger charge is -2.25. The molecule has 9 heteroatoms. The molecule has 0 atom stereocenters. The van der Waals surface area contributed by atoms with Crippen molar-refractivity contribution in [3.63, 3.8) is 0 Å². The van der Waals surface area contributed by atoms with Crippen LogP contribution in [0.25, 0.3) is 10.2 Å². The third-order valence-electron chi connectivity index (χ3n) is 3.50. The van der Waals surface area contributed by atoms with Crippen LogP contribution in [0.3, 0.4) is 0 Å². The van der Waals surface area contributed by atoms with Crippen LogP contribution in [0, 0.1) is 0 Å². The second-order valence-corrected chi connectivity index (χ2v) is 6.96. The van der Waals surface area contributed by atoms with Crippen molar-refractivity contribution < 1.29 is 9.53 Å². The van der Waals surface area contributed by atoms with Crippen LogP contribution in [0.5, 0.6) is 0 Å². The van der Waals surface area contributed by atoms with E-state index in [1.807, 2.05) is 18.2 Å². The number of carbonyl (C=O) groups is 1. The molecule has 0 spiro atoms. The standard InChI is InChI=1S/C15H20N4O2S.2ClH/c1-15(2,16)13(20)17-10-3-4-11-12(9-10)22-14(18-11)19-5-7-21-8-6-19;;/h3-4,9H,5-8,16H2,1-2H3,(H,17,20);2*1H. The summed E-state index contributed by atoms with van der Waals surface area (Å²) in [5.74, 6) is -0.204. The Balaban J connectivity index is 0.00000144. The number of nitrogens with zero attached hydrogens (tertiary/aromatic N) is 2. The number of halogens is 2. The highest BCUT2D eigenvalue weighted by Gasteiger charge is 2.22. The predicted molar refractivity (Wildman–Crippen MR) is 104 cm³/mol. The Hall–Kier alpha value is -1.12. The first-order valence-corrected chi connectivity index (χ1v) is 8.09. The van der Waals surface area contributed by atoms with Crippen LogP contribution in [0.15, 0.2) is 18.2 Å². The number of anilines is 2. The smallest absolute Gasteiger partial charge is 0.243 e. The Bertz CT molecular complexity index is 696. The molecular formula is C15H22Cl2N4O2S. The minimum Gasteiger partial charge on any atom is -0.378 e. The Morgan fingerprint density at radius 3 is 2.62 bits per heavy atom. The molecule has 0 aliphatic carbocycles. The molecule has 1 saturated heterocycles. The monoisotopic (exact) mass is 392 g/mol. The minimum absolute atomic E-state index is 0. The summed E-state index contributed by atoms with van der Waals surface area (Å²) in [6.07, 6.45) is 0. The van der Waals surface area contributed by atoms with Gasteiger partial charge < -0.3 is 20.7 Å². The Labute approximate surface area is 157 Å². The third-order valence-corrected chi connectivity index (χ3v) is 4.58. The zero-order valence-corrected chi connectivity index (χ0v) is 16.0. The molecule has 1 aromatic carbocycles. The molecule has 2 heterocycles. The molecule has 3 N–H and O–H groups in total. The molecule has 24 heavy (non-hydrogen) atoms. The van der Waals surface area contributed by atoms with Crippen LogP contribution in [-0.4, -0.2) is 42.7 Å². The van der Waals surface area contributed by atoms with E-state index in [4.69, 9.17) is 10.5 Å². The average Bonchev–Trinajstić information content (AvgIpc) is 2.90. The van der Waals surface area contributed by atoms with E-state index in [1.165, 1.54) is 0 Å². The SMILES string of the molecule is CC(C)(N)C(=O)Nc1ccc2nc(N3CCOCC3)sc2c1.Cl.Cl. The molecule has 2 aromatic rings. The molecule has 134 valence electrons. The van der Waals surface area contributed by atoms with Crippen LogP contribution in [0.4, 0.5) is 10.8 Å². The van der Waals surface area contributed by atoms with Crippen molar-refractivity contribution in [3.05, 3.63) is 18.2 Å². The molecule has 1 aliphatic rings. The fourth-order valence-electron chi connectivity index (χ4n) is 2.17. The van der Waals surface area contributed by atoms with E-state index in [1.54, 1.807) is 25.2 Å². The number of ether oxygens (including phenoxy) is 1. The van der Waals surface area contributed by atoms with Gasteiger partial charge >= 0.3 is 0 Å². The first-order valence-electron chi connectivity index (χ1n) is 7.27. The van der Waals surface area contributed by atoms with E-state index >= 15 is 0 Å². The normalized spacial score (nSPS) is 14.7. The molecule has 1 aliphatic heterocycles. The van der Waals surface area contributed by atoms with Crippen LogP contribution >= 0.6 is 36.2 Å². The maximum absolute atomic E-state index is 12.0. The molecule has 0 radical (unpaired) electrons. The zero-order valence-electron chi connectivity index (χ0n) is 13.6. The fourth-order valence-corrected chi connectivity index (χ4v) is 3.23. The predicted octanol–water partition coefficient (Wildman–Crippen LogP) is 2.65. The number of morpholine rings is 1. The van der Waals surface area contributed by atoms with Crippen LogP contribution < -0.4 is 16.0 Å². The summed E-state index contributed by atoms with van der Waals surface area (Å²) >= 11 is 1.63. The average molecular weight is 393 g/mol. The number of benzene rings is 1. The van der Waals surface area contributed by atoms with Gasteiger partial charge in [-0.25, -0.2) is 4.98 Å². The van der Waals surface area contributed by atoms with Gasteiger partial charge in [0.1, 0.15) is 0 Å². The second-order valence-electron chi connectivity index (χ2n) is 5.95. The van der Waals surface area contributed by atoms with E-state index in [0.29, 0.717) is 0 Å². The summed E-state index contributed by atoms with van der Waals surface area (Å²) in [5, 5.41) is 3.85. The van der Waals surface area contributed by atoms with Gasteiger partial charge in [0.25, 0.3) is 0 Å². The summed E-state index contributed by atoms with van der Waals surface area (Å²) in [7, 11) is 0. The number of hydrogen-bond donors (Lipinski definition) is 2. The topological polar surface area (TPSA) is 80.5 Å². The van der Waals surface area contributed by atoms with Gasteiger partial charge in [-0.1, -0.05) is 11.3 Å². The van der Waals surface area contributed by atoms with Crippen molar-refractivity contribution in [1.29, 1.82) is 0 Å². The summed E-state index contributed by atoms with van der Waals surface area (Å²) < 4.78 is 6.42. The van der Waals surface area contributed by atoms with Gasteiger partial charge in [0.2, 0.25) is 5.91 Å². The molecule has 0 bridgehead atoms. The number of nitrogens with two attached hydrogens (primary N) is 1. The van der Waals surface area contributed by atoms with Gasteiger partial charge in [-0.3, -0.25) is 4.79 Å². The number of hydrogen-bond acceptors (Lipinski definition) is 6. The number of fused-ring (bicyclic) bond motifs is 1. The maximum atomic E-state index is 12.0. The van der Waals surface area contributed by atoms with Crippen molar-refractivity contribution in [2.45, 2.75) is 19.4 Å². The number of nitrogens with one attached hydrogen (secondary N) is 1. The van der Waals surface area contributed by atoms with Crippen molar-refractivity contribution >= 4 is 63.1 Å². The van der Waals surface area contributed by atoms with Crippen LogP contribution in [0.2, 0.25) is 0 Å². The van der Waals surface area contributed by atoms with Crippen molar-refractivity contribution in [2.24, 2.45) is 5.73 Å². The molecule has 3 rings (SSSR count). The van der Waals surface area contributed by atoms with Gasteiger partial charge in [0.15, 0.2) is 5.13 Å². The first kappa shape index (κ1) is 20.9. The molecule has 0 saturated carbocycles. The van der Waals surface area contributed by atoms with Crippen LogP contribution in [-0.2, 0) is 9.53 Å². The van der Waals surface area contributed by atoms with E-state index in [-0.39, 0.29) is 30.7 Å². The summed E-state index contributed by atoms with van der Waals surface area (Å²) in [6.45, 7) is 6.58. The van der Waals surface area contributed by atoms with E-state index < -0.39 is 5.54 Å². The molecule has 1 amide bonds. The lowest BCUT2D eigenvalue weighted by molar-refractivity contribution is -0.120. The van der Waals surface area contributed by atoms with Crippen molar-refractivity contribution in [3.8, 4) is 0 Å². The summed E-state index contributed by atoms with van der Waals surface area (Å²) in [4.78, 5) is 18.8. The highest BCUT2D eigenvalue weighted by Crippen LogP contribution is 2.31. The van der Waals surface area contributed by atoms with Gasteiger partial charge in [-0.2, -0.15) is 0 Å². The summed E-state index contributed by atoms with van der Waals surface area (Å²) in [6, 6.07) is 5.73. The van der Waals surface area contributed by atoms with E-state index in [2.05, 4.69) is 15.2 Å². The third kappa shape index (κ3) is 4.70. The van der Waals surface area contributed by atoms with Crippen LogP contribution in [0.1, 0.15) is 13.8 Å². The minimum atomic E-state index is -0.901. The largest absolute Gasteiger partial charge is 0.378 e. The van der Waals surface area contributed by atoms with E-state index in [9.17, 15) is 4.79 Å². The first-order chi connectivity index (χ1) is 10.4. The van der Waals surface area contributed by atoms with E-state index in [0.717, 1.165) is 47.3 Å². The lowest BCUT2D eigenvalue weighted by Crippen LogP contribution is -2.45. The van der Waals surface area contributed by atoms with Gasteiger partial charge in [-0.05, 0) is 32.0 Å². The maximum Gasteiger partial charge on any atom is 0.243 e. The number of rotatable bonds is 3. The number of aromatic nitrogens is 1. The quantitative estimate of drug-likeness (QED) is 0.838. The second kappa shape index (κ2) is 8.31. The van der Waals surface area contributed by atoms with Gasteiger partial charge in [-0.15, -0.1) is 24.8 Å². The number of carbonyl (C=O) groups excluding carboxylic acids is 1. The molecular weight excluding hydrogens is 371 g/mol. The Kier molecular flexibility index (Phi) is 7.25. The number of amides is 1. The lowest BCUT2D eigenvalue weighted by atomic mass is 10.1. The van der Waals surface area contributed by atoms with Gasteiger partial charge in [0, 0.05) is 18.8 Å². The zero-order chi connectivity index (χ0) is 15.7.